The molecule has 6 heteroatoms. The van der Waals surface area contributed by atoms with Crippen LogP contribution in [0.4, 0.5) is 4.39 Å². The van der Waals surface area contributed by atoms with Crippen molar-refractivity contribution < 1.29 is 4.39 Å². The van der Waals surface area contributed by atoms with Gasteiger partial charge in [-0.15, -0.1) is 0 Å². The Hall–Kier alpha value is -1.17. The average Bonchev–Trinajstić information content (AvgIpc) is 2.80. The number of nitrogens with zero attached hydrogens (tertiary/aromatic N) is 4. The van der Waals surface area contributed by atoms with Crippen LogP contribution in [0.15, 0.2) is 17.1 Å². The normalized spacial score (nSPS) is 25.3. The standard InChI is InChI=1S/C21H32ClFN4/c1-5-7-20(27-9-8-25(4)12-15(3)13-27)21-24-19-11-18(23)17(22)10-16(19)14-26(21)6-2/h10-11,14-15,20-21H,5-9,12-13H2,1-4H3/t15-,20-,21?/m0/s1. The van der Waals surface area contributed by atoms with Crippen molar-refractivity contribution in [3.8, 4) is 0 Å². The van der Waals surface area contributed by atoms with E-state index in [0.717, 1.165) is 50.8 Å². The van der Waals surface area contributed by atoms with Crippen LogP contribution in [0.5, 0.6) is 0 Å². The number of fused-ring (bicyclic) bond motifs is 1. The highest BCUT2D eigenvalue weighted by molar-refractivity contribution is 6.30. The summed E-state index contributed by atoms with van der Waals surface area (Å²) >= 11 is 5.99. The van der Waals surface area contributed by atoms with Gasteiger partial charge in [-0.05, 0) is 32.4 Å². The van der Waals surface area contributed by atoms with Gasteiger partial charge < -0.3 is 9.80 Å². The van der Waals surface area contributed by atoms with Gasteiger partial charge in [0.25, 0.3) is 0 Å². The van der Waals surface area contributed by atoms with Gasteiger partial charge in [-0.1, -0.05) is 31.9 Å². The van der Waals surface area contributed by atoms with Crippen molar-refractivity contribution in [3.05, 3.63) is 33.5 Å². The van der Waals surface area contributed by atoms with Crippen LogP contribution in [0.1, 0.15) is 33.6 Å². The summed E-state index contributed by atoms with van der Waals surface area (Å²) < 4.78 is 14.0. The van der Waals surface area contributed by atoms with E-state index < -0.39 is 5.82 Å². The van der Waals surface area contributed by atoms with E-state index in [0.29, 0.717) is 17.3 Å². The molecular weight excluding hydrogens is 363 g/mol. The van der Waals surface area contributed by atoms with E-state index in [1.165, 1.54) is 6.07 Å². The summed E-state index contributed by atoms with van der Waals surface area (Å²) in [5.41, 5.74) is 0. The van der Waals surface area contributed by atoms with E-state index in [1.54, 1.807) is 6.07 Å². The van der Waals surface area contributed by atoms with Crippen LogP contribution in [0.25, 0.3) is 6.20 Å². The summed E-state index contributed by atoms with van der Waals surface area (Å²) in [4.78, 5) is 12.3. The van der Waals surface area contributed by atoms with E-state index in [9.17, 15) is 4.39 Å². The Kier molecular flexibility index (Phi) is 6.77. The topological polar surface area (TPSA) is 22.1 Å². The molecule has 0 bridgehead atoms. The van der Waals surface area contributed by atoms with Crippen molar-refractivity contribution in [2.75, 3.05) is 39.8 Å². The summed E-state index contributed by atoms with van der Waals surface area (Å²) in [7, 11) is 2.20. The highest BCUT2D eigenvalue weighted by atomic mass is 35.5. The van der Waals surface area contributed by atoms with Gasteiger partial charge in [0.1, 0.15) is 12.0 Å². The van der Waals surface area contributed by atoms with Crippen LogP contribution < -0.4 is 10.6 Å². The van der Waals surface area contributed by atoms with Crippen LogP contribution in [-0.4, -0.2) is 66.7 Å². The number of benzene rings is 1. The largest absolute Gasteiger partial charge is 0.354 e. The van der Waals surface area contributed by atoms with Gasteiger partial charge in [0, 0.05) is 50.2 Å². The van der Waals surface area contributed by atoms with E-state index in [4.69, 9.17) is 16.6 Å². The molecule has 1 saturated heterocycles. The van der Waals surface area contributed by atoms with Crippen molar-refractivity contribution in [2.45, 2.75) is 45.8 Å². The molecule has 0 radical (unpaired) electrons. The molecule has 0 aliphatic carbocycles. The molecule has 2 aliphatic heterocycles. The SMILES string of the molecule is CCC[C@@H](C1N=c2cc(F)c(Cl)cc2=CN1CC)N1CCN(C)C[C@H](C)C1. The first-order chi connectivity index (χ1) is 12.9. The monoisotopic (exact) mass is 394 g/mol. The Bertz CT molecular complexity index is 768. The molecule has 3 rings (SSSR count). The molecule has 27 heavy (non-hydrogen) atoms. The van der Waals surface area contributed by atoms with Crippen LogP contribution in [-0.2, 0) is 0 Å². The van der Waals surface area contributed by atoms with E-state index in [1.807, 2.05) is 0 Å². The van der Waals surface area contributed by atoms with Gasteiger partial charge >= 0.3 is 0 Å². The van der Waals surface area contributed by atoms with Crippen molar-refractivity contribution in [1.82, 2.24) is 14.7 Å². The van der Waals surface area contributed by atoms with Gasteiger partial charge in [-0.2, -0.15) is 0 Å². The molecule has 0 amide bonds. The van der Waals surface area contributed by atoms with E-state index >= 15 is 0 Å². The number of hydrogen-bond donors (Lipinski definition) is 0. The average molecular weight is 395 g/mol. The van der Waals surface area contributed by atoms with Crippen molar-refractivity contribution in [1.29, 1.82) is 0 Å². The molecule has 0 spiro atoms. The third kappa shape index (κ3) is 4.64. The van der Waals surface area contributed by atoms with Gasteiger partial charge in [0.05, 0.1) is 16.4 Å². The zero-order valence-electron chi connectivity index (χ0n) is 17.0. The molecule has 0 N–H and O–H groups in total. The summed E-state index contributed by atoms with van der Waals surface area (Å²) in [5, 5.41) is 1.77. The van der Waals surface area contributed by atoms with Crippen LogP contribution in [0.2, 0.25) is 5.02 Å². The van der Waals surface area contributed by atoms with Crippen LogP contribution in [0.3, 0.4) is 0 Å². The Morgan fingerprint density at radius 3 is 2.74 bits per heavy atom. The molecule has 2 heterocycles. The summed E-state index contributed by atoms with van der Waals surface area (Å²) in [5.74, 6) is 0.233. The summed E-state index contributed by atoms with van der Waals surface area (Å²) in [6, 6.07) is 3.50. The Morgan fingerprint density at radius 2 is 2.04 bits per heavy atom. The lowest BCUT2D eigenvalue weighted by molar-refractivity contribution is 0.103. The van der Waals surface area contributed by atoms with Crippen molar-refractivity contribution in [3.63, 3.8) is 0 Å². The third-order valence-electron chi connectivity index (χ3n) is 5.69. The number of likely N-dealkylation sites (N-methyl/N-ethyl adjacent to an activating group) is 2. The maximum Gasteiger partial charge on any atom is 0.143 e. The lowest BCUT2D eigenvalue weighted by atomic mass is 10.0. The fourth-order valence-corrected chi connectivity index (χ4v) is 4.59. The van der Waals surface area contributed by atoms with E-state index in [-0.39, 0.29) is 11.2 Å². The Morgan fingerprint density at radius 1 is 1.26 bits per heavy atom. The predicted octanol–water partition coefficient (Wildman–Crippen LogP) is 2.55. The maximum atomic E-state index is 14.0. The highest BCUT2D eigenvalue weighted by Gasteiger charge is 2.33. The Balaban J connectivity index is 1.98. The van der Waals surface area contributed by atoms with E-state index in [2.05, 4.69) is 48.7 Å². The fraction of sp³-hybridized carbons (Fsp3) is 0.667. The first-order valence-electron chi connectivity index (χ1n) is 10.2. The lowest BCUT2D eigenvalue weighted by Crippen LogP contribution is -2.54. The minimum Gasteiger partial charge on any atom is -0.354 e. The number of hydrogen-bond acceptors (Lipinski definition) is 4. The predicted molar refractivity (Wildman–Crippen MR) is 110 cm³/mol. The summed E-state index contributed by atoms with van der Waals surface area (Å²) in [6.45, 7) is 11.9. The Labute approximate surface area is 167 Å². The second-order valence-electron chi connectivity index (χ2n) is 8.05. The second-order valence-corrected chi connectivity index (χ2v) is 8.45. The molecule has 1 aromatic carbocycles. The van der Waals surface area contributed by atoms with Gasteiger partial charge in [0.2, 0.25) is 0 Å². The smallest absolute Gasteiger partial charge is 0.143 e. The first-order valence-corrected chi connectivity index (χ1v) is 10.5. The maximum absolute atomic E-state index is 14.0. The molecule has 2 aliphatic rings. The van der Waals surface area contributed by atoms with Crippen LogP contribution >= 0.6 is 11.6 Å². The first kappa shape index (κ1) is 20.6. The molecule has 0 saturated carbocycles. The minimum absolute atomic E-state index is 0.0126. The third-order valence-corrected chi connectivity index (χ3v) is 5.98. The molecule has 150 valence electrons. The molecule has 3 atom stereocenters. The summed E-state index contributed by atoms with van der Waals surface area (Å²) in [6.07, 6.45) is 4.31. The number of halogens is 2. The number of rotatable bonds is 5. The molecule has 1 aromatic rings. The second kappa shape index (κ2) is 8.89. The molecule has 1 unspecified atom stereocenters. The van der Waals surface area contributed by atoms with Crippen LogP contribution in [0, 0.1) is 11.7 Å². The van der Waals surface area contributed by atoms with Gasteiger partial charge in [-0.25, -0.2) is 4.39 Å². The van der Waals surface area contributed by atoms with Gasteiger partial charge in [-0.3, -0.25) is 9.89 Å². The highest BCUT2D eigenvalue weighted by Crippen LogP contribution is 2.22. The molecular formula is C21H32ClFN4. The molecule has 0 aromatic heterocycles. The molecule has 1 fully saturated rings. The fourth-order valence-electron chi connectivity index (χ4n) is 4.41. The molecule has 4 nitrogen and oxygen atoms in total. The van der Waals surface area contributed by atoms with Crippen molar-refractivity contribution in [2.24, 2.45) is 10.9 Å². The zero-order chi connectivity index (χ0) is 19.6. The van der Waals surface area contributed by atoms with Crippen molar-refractivity contribution >= 4 is 17.8 Å². The van der Waals surface area contributed by atoms with Gasteiger partial charge in [0.15, 0.2) is 0 Å². The quantitative estimate of drug-likeness (QED) is 0.766. The zero-order valence-corrected chi connectivity index (χ0v) is 17.7. The minimum atomic E-state index is -0.395. The lowest BCUT2D eigenvalue weighted by Gasteiger charge is -2.41.